The van der Waals surface area contributed by atoms with Gasteiger partial charge >= 0.3 is 5.97 Å². The third-order valence-electron chi connectivity index (χ3n) is 2.23. The zero-order valence-corrected chi connectivity index (χ0v) is 10.8. The van der Waals surface area contributed by atoms with E-state index in [1.54, 1.807) is 13.8 Å². The number of carbonyl (C=O) groups is 1. The molecule has 5 nitrogen and oxygen atoms in total. The lowest BCUT2D eigenvalue weighted by Crippen LogP contribution is -2.15. The number of nitrogens with one attached hydrogen (secondary N) is 1. The molecule has 0 radical (unpaired) electrons. The van der Waals surface area contributed by atoms with Gasteiger partial charge in [-0.15, -0.1) is 11.3 Å². The van der Waals surface area contributed by atoms with E-state index in [9.17, 15) is 13.2 Å². The van der Waals surface area contributed by atoms with E-state index in [0.29, 0.717) is 5.56 Å². The number of aromatic carboxylic acids is 1. The Labute approximate surface area is 98.2 Å². The van der Waals surface area contributed by atoms with Crippen LogP contribution in [0.15, 0.2) is 0 Å². The maximum atomic E-state index is 11.4. The van der Waals surface area contributed by atoms with E-state index < -0.39 is 16.0 Å². The normalized spacial score (nSPS) is 11.4. The second kappa shape index (κ2) is 4.42. The first-order chi connectivity index (χ1) is 7.28. The minimum absolute atomic E-state index is 0.0412. The van der Waals surface area contributed by atoms with Gasteiger partial charge in [0, 0.05) is 4.88 Å². The maximum absolute atomic E-state index is 11.4. The zero-order valence-electron chi connectivity index (χ0n) is 9.20. The number of hydrogen-bond acceptors (Lipinski definition) is 4. The van der Waals surface area contributed by atoms with Crippen LogP contribution in [0.4, 0.5) is 5.00 Å². The van der Waals surface area contributed by atoms with Gasteiger partial charge in [-0.3, -0.25) is 4.72 Å². The fourth-order valence-corrected chi connectivity index (χ4v) is 3.15. The van der Waals surface area contributed by atoms with E-state index in [-0.39, 0.29) is 16.3 Å². The highest BCUT2D eigenvalue weighted by Gasteiger charge is 2.21. The highest BCUT2D eigenvalue weighted by molar-refractivity contribution is 7.92. The molecule has 0 aliphatic carbocycles. The van der Waals surface area contributed by atoms with Crippen molar-refractivity contribution >= 4 is 32.3 Å². The topological polar surface area (TPSA) is 83.5 Å². The van der Waals surface area contributed by atoms with E-state index in [4.69, 9.17) is 5.11 Å². The molecule has 0 aliphatic rings. The van der Waals surface area contributed by atoms with Gasteiger partial charge in [0.15, 0.2) is 0 Å². The third kappa shape index (κ3) is 2.53. The molecule has 0 unspecified atom stereocenters. The van der Waals surface area contributed by atoms with Crippen LogP contribution in [0.2, 0.25) is 0 Å². The first-order valence-corrected chi connectivity index (χ1v) is 7.09. The largest absolute Gasteiger partial charge is 0.478 e. The van der Waals surface area contributed by atoms with Crippen molar-refractivity contribution in [3.8, 4) is 0 Å². The van der Waals surface area contributed by atoms with E-state index >= 15 is 0 Å². The van der Waals surface area contributed by atoms with Crippen molar-refractivity contribution in [2.45, 2.75) is 20.8 Å². The standard InChI is InChI=1S/C9H13NO4S2/c1-4-16(13,14)10-8-7(9(11)12)5(2)6(3)15-8/h10H,4H2,1-3H3,(H,11,12). The van der Waals surface area contributed by atoms with Crippen LogP contribution in [0.5, 0.6) is 0 Å². The van der Waals surface area contributed by atoms with Crippen LogP contribution in [0, 0.1) is 13.8 Å². The minimum atomic E-state index is -3.43. The summed E-state index contributed by atoms with van der Waals surface area (Å²) in [6.45, 7) is 4.92. The summed E-state index contributed by atoms with van der Waals surface area (Å²) in [5.74, 6) is -1.20. The van der Waals surface area contributed by atoms with Crippen LogP contribution < -0.4 is 4.72 Å². The molecule has 0 spiro atoms. The molecule has 0 fully saturated rings. The summed E-state index contributed by atoms with van der Waals surface area (Å²) in [4.78, 5) is 11.8. The monoisotopic (exact) mass is 263 g/mol. The number of rotatable bonds is 4. The van der Waals surface area contributed by atoms with E-state index in [2.05, 4.69) is 4.72 Å². The van der Waals surface area contributed by atoms with Gasteiger partial charge in [0.25, 0.3) is 0 Å². The molecule has 0 atom stereocenters. The Hall–Kier alpha value is -1.08. The van der Waals surface area contributed by atoms with Crippen LogP contribution in [-0.2, 0) is 10.0 Å². The third-order valence-corrected chi connectivity index (χ3v) is 4.75. The SMILES string of the molecule is CCS(=O)(=O)Nc1sc(C)c(C)c1C(=O)O. The van der Waals surface area contributed by atoms with Gasteiger partial charge in [-0.2, -0.15) is 0 Å². The minimum Gasteiger partial charge on any atom is -0.478 e. The van der Waals surface area contributed by atoms with Gasteiger partial charge in [-0.05, 0) is 26.3 Å². The molecule has 1 aromatic rings. The van der Waals surface area contributed by atoms with Gasteiger partial charge in [0.05, 0.1) is 11.3 Å². The van der Waals surface area contributed by atoms with Crippen molar-refractivity contribution in [3.63, 3.8) is 0 Å². The summed E-state index contributed by atoms with van der Waals surface area (Å²) in [5, 5.41) is 9.19. The van der Waals surface area contributed by atoms with Crippen molar-refractivity contribution in [3.05, 3.63) is 16.0 Å². The van der Waals surface area contributed by atoms with Gasteiger partial charge in [0.1, 0.15) is 5.00 Å². The van der Waals surface area contributed by atoms with Crippen LogP contribution in [0.1, 0.15) is 27.7 Å². The van der Waals surface area contributed by atoms with Gasteiger partial charge in [-0.25, -0.2) is 13.2 Å². The maximum Gasteiger partial charge on any atom is 0.339 e. The molecule has 0 aliphatic heterocycles. The van der Waals surface area contributed by atoms with Crippen LogP contribution in [-0.4, -0.2) is 25.2 Å². The van der Waals surface area contributed by atoms with Crippen molar-refractivity contribution in [1.29, 1.82) is 0 Å². The molecule has 0 saturated heterocycles. The summed E-state index contributed by atoms with van der Waals surface area (Å²) in [6.07, 6.45) is 0. The van der Waals surface area contributed by atoms with Gasteiger partial charge < -0.3 is 5.11 Å². The average molecular weight is 263 g/mol. The quantitative estimate of drug-likeness (QED) is 0.868. The Morgan fingerprint density at radius 3 is 2.44 bits per heavy atom. The van der Waals surface area contributed by atoms with Gasteiger partial charge in [-0.1, -0.05) is 0 Å². The lowest BCUT2D eigenvalue weighted by atomic mass is 10.2. The second-order valence-electron chi connectivity index (χ2n) is 3.30. The molecule has 1 aromatic heterocycles. The molecule has 7 heteroatoms. The predicted molar refractivity (Wildman–Crippen MR) is 63.8 cm³/mol. The first-order valence-electron chi connectivity index (χ1n) is 4.62. The number of sulfonamides is 1. The Balaban J connectivity index is 3.25. The van der Waals surface area contributed by atoms with E-state index in [0.717, 1.165) is 16.2 Å². The van der Waals surface area contributed by atoms with Crippen molar-refractivity contribution in [2.75, 3.05) is 10.5 Å². The highest BCUT2D eigenvalue weighted by atomic mass is 32.2. The van der Waals surface area contributed by atoms with Crippen molar-refractivity contribution in [1.82, 2.24) is 0 Å². The number of thiophene rings is 1. The lowest BCUT2D eigenvalue weighted by Gasteiger charge is -2.04. The molecule has 16 heavy (non-hydrogen) atoms. The summed E-state index contributed by atoms with van der Waals surface area (Å²) < 4.78 is 25.0. The summed E-state index contributed by atoms with van der Waals surface area (Å²) in [5.41, 5.74) is 0.644. The average Bonchev–Trinajstić information content (AvgIpc) is 2.41. The molecule has 0 amide bonds. The highest BCUT2D eigenvalue weighted by Crippen LogP contribution is 2.32. The van der Waals surface area contributed by atoms with Crippen LogP contribution in [0.25, 0.3) is 0 Å². The summed E-state index contributed by atoms with van der Waals surface area (Å²) >= 11 is 1.14. The van der Waals surface area contributed by atoms with E-state index in [1.165, 1.54) is 6.92 Å². The van der Waals surface area contributed by atoms with Crippen LogP contribution in [0.3, 0.4) is 0 Å². The number of carboxylic acids is 1. The lowest BCUT2D eigenvalue weighted by molar-refractivity contribution is 0.0697. The zero-order chi connectivity index (χ0) is 12.5. The molecule has 0 aromatic carbocycles. The molecule has 2 N–H and O–H groups in total. The number of carboxylic acid groups (broad SMARTS) is 1. The Kier molecular flexibility index (Phi) is 3.59. The number of aryl methyl sites for hydroxylation is 1. The fraction of sp³-hybridized carbons (Fsp3) is 0.444. The number of hydrogen-bond donors (Lipinski definition) is 2. The summed E-state index contributed by atoms with van der Waals surface area (Å²) in [7, 11) is -3.43. The van der Waals surface area contributed by atoms with Gasteiger partial charge in [0.2, 0.25) is 10.0 Å². The fourth-order valence-electron chi connectivity index (χ4n) is 1.17. The molecule has 1 rings (SSSR count). The Morgan fingerprint density at radius 1 is 1.44 bits per heavy atom. The molecule has 0 saturated carbocycles. The molecule has 90 valence electrons. The molecule has 1 heterocycles. The Bertz CT molecular complexity index is 516. The molecular formula is C9H13NO4S2. The summed E-state index contributed by atoms with van der Waals surface area (Å²) in [6, 6.07) is 0. The molecular weight excluding hydrogens is 250 g/mol. The molecule has 0 bridgehead atoms. The smallest absolute Gasteiger partial charge is 0.339 e. The number of anilines is 1. The van der Waals surface area contributed by atoms with Crippen molar-refractivity contribution in [2.24, 2.45) is 0 Å². The second-order valence-corrected chi connectivity index (χ2v) is 6.53. The van der Waals surface area contributed by atoms with Crippen molar-refractivity contribution < 1.29 is 18.3 Å². The Morgan fingerprint density at radius 2 is 2.00 bits per heavy atom. The van der Waals surface area contributed by atoms with Crippen LogP contribution >= 0.6 is 11.3 Å². The predicted octanol–water partition coefficient (Wildman–Crippen LogP) is 1.82. The van der Waals surface area contributed by atoms with E-state index in [1.807, 2.05) is 0 Å². The first kappa shape index (κ1) is 13.0.